The fourth-order valence-corrected chi connectivity index (χ4v) is 3.38. The van der Waals surface area contributed by atoms with E-state index in [1.807, 2.05) is 30.3 Å². The van der Waals surface area contributed by atoms with Crippen molar-refractivity contribution in [3.63, 3.8) is 0 Å². The number of hydrogen-bond donors (Lipinski definition) is 4. The number of amides is 3. The van der Waals surface area contributed by atoms with Gasteiger partial charge in [0, 0.05) is 19.5 Å². The van der Waals surface area contributed by atoms with E-state index in [2.05, 4.69) is 16.0 Å². The Labute approximate surface area is 159 Å². The van der Waals surface area contributed by atoms with Crippen LogP contribution in [0.1, 0.15) is 56.9 Å². The van der Waals surface area contributed by atoms with E-state index in [1.54, 1.807) is 0 Å². The molecule has 1 saturated carbocycles. The van der Waals surface area contributed by atoms with Crippen LogP contribution in [-0.4, -0.2) is 35.1 Å². The Morgan fingerprint density at radius 2 is 1.67 bits per heavy atom. The van der Waals surface area contributed by atoms with Crippen LogP contribution in [0.4, 0.5) is 4.79 Å². The molecule has 1 aromatic rings. The lowest BCUT2D eigenvalue weighted by molar-refractivity contribution is -0.137. The van der Waals surface area contributed by atoms with E-state index in [1.165, 1.54) is 0 Å². The smallest absolute Gasteiger partial charge is 0.315 e. The van der Waals surface area contributed by atoms with E-state index < -0.39 is 11.5 Å². The highest BCUT2D eigenvalue weighted by Crippen LogP contribution is 2.30. The number of carbonyl (C=O) groups is 3. The standard InChI is InChI=1S/C20H29N3O4/c24-17(25)11-5-2-8-14-21-18(26)20(12-6-7-13-20)23-19(27)22-15-16-9-3-1-4-10-16/h1,3-4,9-10H,2,5-8,11-15H2,(H,21,26)(H,24,25)(H2,22,23,27). The van der Waals surface area contributed by atoms with E-state index in [-0.39, 0.29) is 18.4 Å². The van der Waals surface area contributed by atoms with Crippen molar-refractivity contribution >= 4 is 17.9 Å². The molecule has 2 rings (SSSR count). The number of urea groups is 1. The zero-order valence-corrected chi connectivity index (χ0v) is 15.6. The number of carboxylic acid groups (broad SMARTS) is 1. The van der Waals surface area contributed by atoms with Crippen LogP contribution in [0.2, 0.25) is 0 Å². The summed E-state index contributed by atoms with van der Waals surface area (Å²) in [6.45, 7) is 0.904. The van der Waals surface area contributed by atoms with E-state index in [0.717, 1.165) is 31.2 Å². The Morgan fingerprint density at radius 3 is 2.33 bits per heavy atom. The van der Waals surface area contributed by atoms with Crippen molar-refractivity contribution < 1.29 is 19.5 Å². The van der Waals surface area contributed by atoms with Gasteiger partial charge in [0.25, 0.3) is 0 Å². The van der Waals surface area contributed by atoms with E-state index in [4.69, 9.17) is 5.11 Å². The lowest BCUT2D eigenvalue weighted by Gasteiger charge is -2.29. The number of carboxylic acids is 1. The highest BCUT2D eigenvalue weighted by molar-refractivity contribution is 5.91. The lowest BCUT2D eigenvalue weighted by atomic mass is 9.96. The molecule has 0 aromatic heterocycles. The number of aliphatic carboxylic acids is 1. The van der Waals surface area contributed by atoms with Gasteiger partial charge in [-0.05, 0) is 31.2 Å². The number of rotatable bonds is 10. The first-order chi connectivity index (χ1) is 13.0. The van der Waals surface area contributed by atoms with Crippen LogP contribution < -0.4 is 16.0 Å². The molecule has 0 atom stereocenters. The molecule has 1 aliphatic carbocycles. The number of carbonyl (C=O) groups excluding carboxylic acids is 2. The maximum Gasteiger partial charge on any atom is 0.315 e. The Balaban J connectivity index is 1.76. The second-order valence-corrected chi connectivity index (χ2v) is 7.04. The summed E-state index contributed by atoms with van der Waals surface area (Å²) in [7, 11) is 0. The highest BCUT2D eigenvalue weighted by Gasteiger charge is 2.42. The molecule has 0 spiro atoms. The average Bonchev–Trinajstić information content (AvgIpc) is 3.13. The monoisotopic (exact) mass is 375 g/mol. The number of nitrogens with one attached hydrogen (secondary N) is 3. The summed E-state index contributed by atoms with van der Waals surface area (Å²) in [6, 6.07) is 9.28. The van der Waals surface area contributed by atoms with Crippen molar-refractivity contribution in [3.8, 4) is 0 Å². The van der Waals surface area contributed by atoms with Crippen LogP contribution in [0.15, 0.2) is 30.3 Å². The topological polar surface area (TPSA) is 108 Å². The van der Waals surface area contributed by atoms with Crippen molar-refractivity contribution in [3.05, 3.63) is 35.9 Å². The molecule has 1 aromatic carbocycles. The zero-order valence-electron chi connectivity index (χ0n) is 15.6. The molecule has 0 heterocycles. The molecular weight excluding hydrogens is 346 g/mol. The van der Waals surface area contributed by atoms with Gasteiger partial charge in [-0.2, -0.15) is 0 Å². The van der Waals surface area contributed by atoms with E-state index in [0.29, 0.717) is 32.4 Å². The van der Waals surface area contributed by atoms with Gasteiger partial charge in [-0.25, -0.2) is 4.79 Å². The SMILES string of the molecule is O=C(O)CCCCCNC(=O)C1(NC(=O)NCc2ccccc2)CCCC1. The molecule has 4 N–H and O–H groups in total. The Kier molecular flexibility index (Phi) is 8.10. The molecule has 3 amide bonds. The van der Waals surface area contributed by atoms with Crippen LogP contribution in [0.5, 0.6) is 0 Å². The fourth-order valence-electron chi connectivity index (χ4n) is 3.38. The van der Waals surface area contributed by atoms with Crippen molar-refractivity contribution in [1.82, 2.24) is 16.0 Å². The Morgan fingerprint density at radius 1 is 0.963 bits per heavy atom. The zero-order chi connectivity index (χ0) is 19.5. The van der Waals surface area contributed by atoms with Gasteiger partial charge in [0.05, 0.1) is 0 Å². The molecule has 27 heavy (non-hydrogen) atoms. The maximum atomic E-state index is 12.7. The van der Waals surface area contributed by atoms with Crippen LogP contribution in [0.3, 0.4) is 0 Å². The average molecular weight is 375 g/mol. The predicted octanol–water partition coefficient (Wildman–Crippen LogP) is 2.56. The van der Waals surface area contributed by atoms with E-state index in [9.17, 15) is 14.4 Å². The molecule has 7 nitrogen and oxygen atoms in total. The summed E-state index contributed by atoms with van der Waals surface area (Å²) in [5, 5.41) is 17.2. The summed E-state index contributed by atoms with van der Waals surface area (Å²) in [4.78, 5) is 35.5. The predicted molar refractivity (Wildman–Crippen MR) is 102 cm³/mol. The van der Waals surface area contributed by atoms with Gasteiger partial charge in [-0.1, -0.05) is 49.6 Å². The minimum Gasteiger partial charge on any atom is -0.481 e. The van der Waals surface area contributed by atoms with E-state index >= 15 is 0 Å². The number of unbranched alkanes of at least 4 members (excludes halogenated alkanes) is 2. The highest BCUT2D eigenvalue weighted by atomic mass is 16.4. The molecular formula is C20H29N3O4. The quantitative estimate of drug-likeness (QED) is 0.471. The summed E-state index contributed by atoms with van der Waals surface area (Å²) in [6.07, 6.45) is 5.33. The van der Waals surface area contributed by atoms with Gasteiger partial charge in [0.1, 0.15) is 5.54 Å². The second kappa shape index (κ2) is 10.5. The summed E-state index contributed by atoms with van der Waals surface area (Å²) >= 11 is 0. The largest absolute Gasteiger partial charge is 0.481 e. The fraction of sp³-hybridized carbons (Fsp3) is 0.550. The molecule has 0 unspecified atom stereocenters. The molecule has 1 aliphatic rings. The molecule has 1 fully saturated rings. The van der Waals surface area contributed by atoms with Gasteiger partial charge in [0.15, 0.2) is 0 Å². The normalized spacial score (nSPS) is 15.1. The van der Waals surface area contributed by atoms with Crippen LogP contribution in [0.25, 0.3) is 0 Å². The molecule has 0 aliphatic heterocycles. The third-order valence-electron chi connectivity index (χ3n) is 4.89. The summed E-state index contributed by atoms with van der Waals surface area (Å²) in [5.41, 5.74) is 0.154. The van der Waals surface area contributed by atoms with Crippen LogP contribution in [0, 0.1) is 0 Å². The van der Waals surface area contributed by atoms with Gasteiger partial charge in [-0.15, -0.1) is 0 Å². The molecule has 148 valence electrons. The van der Waals surface area contributed by atoms with Gasteiger partial charge in [0.2, 0.25) is 5.91 Å². The van der Waals surface area contributed by atoms with Crippen molar-refractivity contribution in [2.45, 2.75) is 63.5 Å². The Bertz CT molecular complexity index is 627. The third kappa shape index (κ3) is 6.92. The first kappa shape index (κ1) is 20.7. The minimum atomic E-state index is -0.845. The van der Waals surface area contributed by atoms with Crippen molar-refractivity contribution in [2.75, 3.05) is 6.54 Å². The van der Waals surface area contributed by atoms with Crippen molar-refractivity contribution in [2.24, 2.45) is 0 Å². The first-order valence-corrected chi connectivity index (χ1v) is 9.62. The van der Waals surface area contributed by atoms with Crippen molar-refractivity contribution in [1.29, 1.82) is 0 Å². The molecule has 0 bridgehead atoms. The lowest BCUT2D eigenvalue weighted by Crippen LogP contribution is -2.59. The van der Waals surface area contributed by atoms with Gasteiger partial charge in [-0.3, -0.25) is 9.59 Å². The second-order valence-electron chi connectivity index (χ2n) is 7.04. The Hall–Kier alpha value is -2.57. The van der Waals surface area contributed by atoms with Crippen LogP contribution >= 0.6 is 0 Å². The minimum absolute atomic E-state index is 0.145. The number of hydrogen-bond acceptors (Lipinski definition) is 3. The third-order valence-corrected chi connectivity index (χ3v) is 4.89. The first-order valence-electron chi connectivity index (χ1n) is 9.62. The van der Waals surface area contributed by atoms with Gasteiger partial charge < -0.3 is 21.1 Å². The molecule has 0 saturated heterocycles. The van der Waals surface area contributed by atoms with Gasteiger partial charge >= 0.3 is 12.0 Å². The molecule has 0 radical (unpaired) electrons. The summed E-state index contributed by atoms with van der Waals surface area (Å²) in [5.74, 6) is -0.942. The number of benzene rings is 1. The van der Waals surface area contributed by atoms with Crippen LogP contribution in [-0.2, 0) is 16.1 Å². The molecule has 7 heteroatoms. The summed E-state index contributed by atoms with van der Waals surface area (Å²) < 4.78 is 0. The maximum absolute atomic E-state index is 12.7.